The van der Waals surface area contributed by atoms with Gasteiger partial charge in [0.05, 0.1) is 6.04 Å². The molecule has 1 aliphatic heterocycles. The zero-order valence-corrected chi connectivity index (χ0v) is 22.8. The SMILES string of the molecule is CNC(=O)[C@H](CC(C)C)NC(=O)N(C[C@@H]1CCCN1C(=O)N(C)NC(=O)OCc1ccccc1)C(C)C. The monoisotopic (exact) mass is 518 g/mol. The summed E-state index contributed by atoms with van der Waals surface area (Å²) in [5.74, 6) is -0.0178. The fraction of sp³-hybridized carbons (Fsp3) is 0.615. The number of hydrogen-bond donors (Lipinski definition) is 3. The summed E-state index contributed by atoms with van der Waals surface area (Å²) in [6.07, 6.45) is 1.29. The summed E-state index contributed by atoms with van der Waals surface area (Å²) in [6, 6.07) is 7.51. The van der Waals surface area contributed by atoms with Crippen molar-refractivity contribution < 1.29 is 23.9 Å². The van der Waals surface area contributed by atoms with Crippen molar-refractivity contribution in [3.05, 3.63) is 35.9 Å². The zero-order chi connectivity index (χ0) is 27.5. The predicted molar refractivity (Wildman–Crippen MR) is 140 cm³/mol. The number of carbonyl (C=O) groups is 4. The number of amides is 6. The molecular weight excluding hydrogens is 476 g/mol. The van der Waals surface area contributed by atoms with E-state index in [1.165, 1.54) is 7.05 Å². The van der Waals surface area contributed by atoms with Gasteiger partial charge in [-0.15, -0.1) is 0 Å². The highest BCUT2D eigenvalue weighted by Gasteiger charge is 2.35. The minimum atomic E-state index is -0.732. The molecule has 2 rings (SSSR count). The van der Waals surface area contributed by atoms with E-state index in [0.717, 1.165) is 23.4 Å². The van der Waals surface area contributed by atoms with Crippen molar-refractivity contribution in [2.75, 3.05) is 27.2 Å². The standard InChI is InChI=1S/C26H42N6O5/c1-18(2)15-22(23(33)27-5)28-24(34)32(19(3)4)16-21-13-10-14-31(21)26(36)30(6)29-25(35)37-17-20-11-8-7-9-12-20/h7-9,11-12,18-19,21-22H,10,13-17H2,1-6H3,(H,27,33)(H,28,34)(H,29,35)/t21-,22-/m0/s1. The van der Waals surface area contributed by atoms with E-state index in [1.807, 2.05) is 58.0 Å². The lowest BCUT2D eigenvalue weighted by Gasteiger charge is -2.35. The molecule has 11 heteroatoms. The van der Waals surface area contributed by atoms with Gasteiger partial charge >= 0.3 is 18.2 Å². The molecule has 0 radical (unpaired) electrons. The Morgan fingerprint density at radius 2 is 1.78 bits per heavy atom. The molecule has 2 atom stereocenters. The second-order valence-corrected chi connectivity index (χ2v) is 10.00. The Balaban J connectivity index is 1.98. The Kier molecular flexibility index (Phi) is 11.5. The molecule has 6 amide bonds. The molecule has 3 N–H and O–H groups in total. The molecule has 0 bridgehead atoms. The van der Waals surface area contributed by atoms with Crippen LogP contribution in [0.5, 0.6) is 0 Å². The van der Waals surface area contributed by atoms with Crippen LogP contribution in [0, 0.1) is 5.92 Å². The second kappa shape index (κ2) is 14.3. The maximum atomic E-state index is 13.2. The van der Waals surface area contributed by atoms with Crippen LogP contribution in [0.3, 0.4) is 0 Å². The number of carbonyl (C=O) groups excluding carboxylic acids is 4. The van der Waals surface area contributed by atoms with Gasteiger partial charge in [0.25, 0.3) is 0 Å². The van der Waals surface area contributed by atoms with Crippen LogP contribution in [0.1, 0.15) is 52.5 Å². The molecule has 37 heavy (non-hydrogen) atoms. The topological polar surface area (TPSA) is 123 Å². The molecule has 1 aromatic carbocycles. The highest BCUT2D eigenvalue weighted by atomic mass is 16.6. The van der Waals surface area contributed by atoms with Crippen LogP contribution in [0.2, 0.25) is 0 Å². The highest BCUT2D eigenvalue weighted by Crippen LogP contribution is 2.21. The van der Waals surface area contributed by atoms with E-state index < -0.39 is 12.1 Å². The minimum absolute atomic E-state index is 0.0906. The quantitative estimate of drug-likeness (QED) is 0.434. The van der Waals surface area contributed by atoms with E-state index in [-0.39, 0.29) is 42.6 Å². The van der Waals surface area contributed by atoms with Crippen LogP contribution >= 0.6 is 0 Å². The number of ether oxygens (including phenoxy) is 1. The van der Waals surface area contributed by atoms with Gasteiger partial charge in [-0.1, -0.05) is 44.2 Å². The lowest BCUT2D eigenvalue weighted by Crippen LogP contribution is -2.57. The molecule has 0 spiro atoms. The molecule has 1 heterocycles. The van der Waals surface area contributed by atoms with Gasteiger partial charge in [0.1, 0.15) is 12.6 Å². The normalized spacial score (nSPS) is 15.8. The fourth-order valence-electron chi connectivity index (χ4n) is 4.27. The van der Waals surface area contributed by atoms with Crippen molar-refractivity contribution in [1.29, 1.82) is 0 Å². The van der Waals surface area contributed by atoms with Gasteiger partial charge in [-0.3, -0.25) is 4.79 Å². The Labute approximate surface area is 219 Å². The number of urea groups is 2. The first-order chi connectivity index (χ1) is 17.5. The Morgan fingerprint density at radius 3 is 2.38 bits per heavy atom. The number of benzene rings is 1. The summed E-state index contributed by atoms with van der Waals surface area (Å²) in [5.41, 5.74) is 3.29. The number of likely N-dealkylation sites (N-methyl/N-ethyl adjacent to an activating group) is 1. The summed E-state index contributed by atoms with van der Waals surface area (Å²) < 4.78 is 5.20. The lowest BCUT2D eigenvalue weighted by atomic mass is 10.0. The molecular formula is C26H42N6O5. The van der Waals surface area contributed by atoms with E-state index >= 15 is 0 Å². The van der Waals surface area contributed by atoms with Crippen molar-refractivity contribution >= 4 is 24.1 Å². The number of hydrogen-bond acceptors (Lipinski definition) is 5. The average Bonchev–Trinajstić information content (AvgIpc) is 3.32. The Hall–Kier alpha value is -3.50. The van der Waals surface area contributed by atoms with Crippen LogP contribution in [0.25, 0.3) is 0 Å². The van der Waals surface area contributed by atoms with Crippen LogP contribution in [0.4, 0.5) is 14.4 Å². The summed E-state index contributed by atoms with van der Waals surface area (Å²) in [5, 5.41) is 6.58. The van der Waals surface area contributed by atoms with E-state index in [9.17, 15) is 19.2 Å². The summed E-state index contributed by atoms with van der Waals surface area (Å²) >= 11 is 0. The van der Waals surface area contributed by atoms with Gasteiger partial charge in [0.2, 0.25) is 5.91 Å². The molecule has 0 saturated carbocycles. The summed E-state index contributed by atoms with van der Waals surface area (Å²) in [4.78, 5) is 54.1. The van der Waals surface area contributed by atoms with E-state index in [4.69, 9.17) is 4.74 Å². The first kappa shape index (κ1) is 29.7. The summed E-state index contributed by atoms with van der Waals surface area (Å²) in [7, 11) is 3.01. The van der Waals surface area contributed by atoms with Gasteiger partial charge in [-0.2, -0.15) is 0 Å². The Bertz CT molecular complexity index is 910. The molecule has 11 nitrogen and oxygen atoms in total. The third-order valence-electron chi connectivity index (χ3n) is 6.24. The van der Waals surface area contributed by atoms with Crippen LogP contribution in [-0.4, -0.2) is 84.2 Å². The molecule has 0 aromatic heterocycles. The first-order valence-corrected chi connectivity index (χ1v) is 12.8. The van der Waals surface area contributed by atoms with Crippen LogP contribution in [-0.2, 0) is 16.1 Å². The fourth-order valence-corrected chi connectivity index (χ4v) is 4.27. The molecule has 206 valence electrons. The van der Waals surface area contributed by atoms with E-state index in [1.54, 1.807) is 16.8 Å². The second-order valence-electron chi connectivity index (χ2n) is 10.00. The molecule has 1 fully saturated rings. The molecule has 0 unspecified atom stereocenters. The van der Waals surface area contributed by atoms with Crippen LogP contribution < -0.4 is 16.1 Å². The Morgan fingerprint density at radius 1 is 1.11 bits per heavy atom. The third-order valence-corrected chi connectivity index (χ3v) is 6.24. The number of likely N-dealkylation sites (tertiary alicyclic amines) is 1. The van der Waals surface area contributed by atoms with Crippen molar-refractivity contribution in [2.45, 2.75) is 71.7 Å². The molecule has 1 aromatic rings. The van der Waals surface area contributed by atoms with Gasteiger partial charge in [0.15, 0.2) is 0 Å². The maximum Gasteiger partial charge on any atom is 0.426 e. The molecule has 0 aliphatic carbocycles. The predicted octanol–water partition coefficient (Wildman–Crippen LogP) is 2.92. The zero-order valence-electron chi connectivity index (χ0n) is 22.8. The van der Waals surface area contributed by atoms with Crippen molar-refractivity contribution in [2.24, 2.45) is 5.92 Å². The van der Waals surface area contributed by atoms with Gasteiger partial charge in [0, 0.05) is 33.2 Å². The summed E-state index contributed by atoms with van der Waals surface area (Å²) in [6.45, 7) is 8.69. The number of hydrazine groups is 1. The number of rotatable bonds is 9. The highest BCUT2D eigenvalue weighted by molar-refractivity contribution is 5.87. The van der Waals surface area contributed by atoms with Crippen molar-refractivity contribution in [3.63, 3.8) is 0 Å². The van der Waals surface area contributed by atoms with Gasteiger partial charge in [-0.25, -0.2) is 24.8 Å². The van der Waals surface area contributed by atoms with Gasteiger partial charge < -0.3 is 25.2 Å². The maximum absolute atomic E-state index is 13.2. The molecule has 1 saturated heterocycles. The van der Waals surface area contributed by atoms with Crippen molar-refractivity contribution in [1.82, 2.24) is 30.9 Å². The van der Waals surface area contributed by atoms with Crippen LogP contribution in [0.15, 0.2) is 30.3 Å². The smallest absolute Gasteiger partial charge is 0.426 e. The minimum Gasteiger partial charge on any atom is -0.443 e. The first-order valence-electron chi connectivity index (χ1n) is 12.8. The molecule has 1 aliphatic rings. The van der Waals surface area contributed by atoms with E-state index in [0.29, 0.717) is 19.5 Å². The largest absolute Gasteiger partial charge is 0.443 e. The average molecular weight is 519 g/mol. The van der Waals surface area contributed by atoms with Crippen molar-refractivity contribution in [3.8, 4) is 0 Å². The number of nitrogens with zero attached hydrogens (tertiary/aromatic N) is 3. The lowest BCUT2D eigenvalue weighted by molar-refractivity contribution is -0.122. The third kappa shape index (κ3) is 9.14. The number of nitrogens with one attached hydrogen (secondary N) is 3. The van der Waals surface area contributed by atoms with Gasteiger partial charge in [-0.05, 0) is 44.6 Å². The van der Waals surface area contributed by atoms with E-state index in [2.05, 4.69) is 16.1 Å².